The van der Waals surface area contributed by atoms with Crippen molar-refractivity contribution in [3.63, 3.8) is 0 Å². The predicted molar refractivity (Wildman–Crippen MR) is 85.3 cm³/mol. The van der Waals surface area contributed by atoms with Gasteiger partial charge < -0.3 is 15.1 Å². The van der Waals surface area contributed by atoms with E-state index in [1.807, 2.05) is 43.0 Å². The number of likely N-dealkylation sites (N-methyl/N-ethyl adjacent to an activating group) is 2. The Kier molecular flexibility index (Phi) is 5.56. The number of rotatable bonds is 8. The fraction of sp³-hybridized carbons (Fsp3) is 0.625. The molecule has 0 atom stereocenters. The molecule has 0 aromatic carbocycles. The Hall–Kier alpha value is -1.62. The van der Waals surface area contributed by atoms with Gasteiger partial charge in [-0.1, -0.05) is 6.07 Å². The van der Waals surface area contributed by atoms with Crippen molar-refractivity contribution in [3.8, 4) is 0 Å². The van der Waals surface area contributed by atoms with Crippen LogP contribution in [-0.4, -0.2) is 48.5 Å². The molecule has 1 fully saturated rings. The van der Waals surface area contributed by atoms with E-state index < -0.39 is 0 Å². The lowest BCUT2D eigenvalue weighted by Gasteiger charge is -2.23. The third-order valence-electron chi connectivity index (χ3n) is 3.86. The van der Waals surface area contributed by atoms with Gasteiger partial charge in [-0.25, -0.2) is 4.98 Å². The van der Waals surface area contributed by atoms with Gasteiger partial charge in [0.2, 0.25) is 5.91 Å². The smallest absolute Gasteiger partial charge is 0.242 e. The molecule has 0 saturated heterocycles. The molecule has 0 spiro atoms. The first kappa shape index (κ1) is 15.8. The summed E-state index contributed by atoms with van der Waals surface area (Å²) in [5, 5.41) is 3.47. The van der Waals surface area contributed by atoms with E-state index in [1.165, 1.54) is 18.4 Å². The molecule has 0 radical (unpaired) electrons. The number of amides is 1. The normalized spacial score (nSPS) is 14.0. The molecule has 1 amide bonds. The van der Waals surface area contributed by atoms with Crippen LogP contribution < -0.4 is 10.2 Å². The number of nitrogens with one attached hydrogen (secondary N) is 1. The number of carbonyl (C=O) groups is 1. The first-order valence-corrected chi connectivity index (χ1v) is 7.81. The highest BCUT2D eigenvalue weighted by molar-refractivity contribution is 5.81. The fourth-order valence-electron chi connectivity index (χ4n) is 2.26. The lowest BCUT2D eigenvalue weighted by molar-refractivity contribution is -0.129. The second-order valence-corrected chi connectivity index (χ2v) is 5.60. The zero-order valence-electron chi connectivity index (χ0n) is 13.3. The zero-order chi connectivity index (χ0) is 15.2. The van der Waals surface area contributed by atoms with E-state index >= 15 is 0 Å². The Bertz CT molecular complexity index is 452. The van der Waals surface area contributed by atoms with Crippen LogP contribution in [0.15, 0.2) is 18.3 Å². The lowest BCUT2D eigenvalue weighted by Crippen LogP contribution is -2.39. The SMILES string of the molecule is CCN(CC)C(=O)CN(C)c1ccc(CNC2CC2)cn1. The molecule has 21 heavy (non-hydrogen) atoms. The van der Waals surface area contributed by atoms with Crippen LogP contribution in [0.25, 0.3) is 0 Å². The van der Waals surface area contributed by atoms with Crippen LogP contribution in [0.2, 0.25) is 0 Å². The maximum absolute atomic E-state index is 12.1. The fourth-order valence-corrected chi connectivity index (χ4v) is 2.26. The number of hydrogen-bond acceptors (Lipinski definition) is 4. The van der Waals surface area contributed by atoms with Gasteiger partial charge in [0.05, 0.1) is 6.54 Å². The van der Waals surface area contributed by atoms with Crippen molar-refractivity contribution in [3.05, 3.63) is 23.9 Å². The molecule has 0 aliphatic heterocycles. The Balaban J connectivity index is 1.86. The van der Waals surface area contributed by atoms with Gasteiger partial charge >= 0.3 is 0 Å². The maximum atomic E-state index is 12.1. The van der Waals surface area contributed by atoms with E-state index in [9.17, 15) is 4.79 Å². The molecule has 116 valence electrons. The Morgan fingerprint density at radius 2 is 2.05 bits per heavy atom. The zero-order valence-corrected chi connectivity index (χ0v) is 13.3. The van der Waals surface area contributed by atoms with E-state index in [0.29, 0.717) is 12.6 Å². The monoisotopic (exact) mass is 290 g/mol. The lowest BCUT2D eigenvalue weighted by atomic mass is 10.2. The average molecular weight is 290 g/mol. The summed E-state index contributed by atoms with van der Waals surface area (Å²) >= 11 is 0. The number of anilines is 1. The van der Waals surface area contributed by atoms with E-state index in [2.05, 4.69) is 16.4 Å². The minimum Gasteiger partial charge on any atom is -0.350 e. The Labute approximate surface area is 127 Å². The van der Waals surface area contributed by atoms with Crippen LogP contribution in [0.1, 0.15) is 32.3 Å². The summed E-state index contributed by atoms with van der Waals surface area (Å²) < 4.78 is 0. The first-order valence-electron chi connectivity index (χ1n) is 7.81. The number of aromatic nitrogens is 1. The topological polar surface area (TPSA) is 48.5 Å². The van der Waals surface area contributed by atoms with E-state index in [1.54, 1.807) is 0 Å². The van der Waals surface area contributed by atoms with E-state index in [0.717, 1.165) is 25.5 Å². The molecule has 1 saturated carbocycles. The molecule has 1 aromatic rings. The highest BCUT2D eigenvalue weighted by atomic mass is 16.2. The van der Waals surface area contributed by atoms with Crippen molar-refractivity contribution >= 4 is 11.7 Å². The molecule has 5 nitrogen and oxygen atoms in total. The minimum atomic E-state index is 0.142. The summed E-state index contributed by atoms with van der Waals surface area (Å²) in [5.74, 6) is 0.981. The molecule has 2 rings (SSSR count). The van der Waals surface area contributed by atoms with Gasteiger partial charge in [0.1, 0.15) is 5.82 Å². The quantitative estimate of drug-likeness (QED) is 0.791. The molecule has 1 heterocycles. The van der Waals surface area contributed by atoms with E-state index in [-0.39, 0.29) is 5.91 Å². The summed E-state index contributed by atoms with van der Waals surface area (Å²) in [6.45, 7) is 6.75. The minimum absolute atomic E-state index is 0.142. The molecule has 1 N–H and O–H groups in total. The molecule has 0 unspecified atom stereocenters. The number of hydrogen-bond donors (Lipinski definition) is 1. The molecule has 1 aliphatic carbocycles. The standard InChI is InChI=1S/C16H26N4O/c1-4-20(5-2)16(21)12-19(3)15-9-6-13(11-18-15)10-17-14-7-8-14/h6,9,11,14,17H,4-5,7-8,10,12H2,1-3H3. The summed E-state index contributed by atoms with van der Waals surface area (Å²) in [7, 11) is 1.91. The van der Waals surface area contributed by atoms with Gasteiger partial charge in [0, 0.05) is 38.9 Å². The predicted octanol–water partition coefficient (Wildman–Crippen LogP) is 1.64. The Morgan fingerprint density at radius 1 is 1.33 bits per heavy atom. The van der Waals surface area contributed by atoms with E-state index in [4.69, 9.17) is 0 Å². The molecule has 5 heteroatoms. The molecular weight excluding hydrogens is 264 g/mol. The highest BCUT2D eigenvalue weighted by Gasteiger charge is 2.20. The summed E-state index contributed by atoms with van der Waals surface area (Å²) in [4.78, 5) is 20.3. The molecule has 1 aliphatic rings. The van der Waals surface area contributed by atoms with Crippen molar-refractivity contribution in [2.45, 2.75) is 39.3 Å². The second-order valence-electron chi connectivity index (χ2n) is 5.60. The van der Waals surface area contributed by atoms with Crippen LogP contribution in [0.5, 0.6) is 0 Å². The Morgan fingerprint density at radius 3 is 2.57 bits per heavy atom. The van der Waals surface area contributed by atoms with Crippen molar-refractivity contribution < 1.29 is 4.79 Å². The van der Waals surface area contributed by atoms with Crippen molar-refractivity contribution in [1.82, 2.24) is 15.2 Å². The summed E-state index contributed by atoms with van der Waals surface area (Å²) in [6.07, 6.45) is 4.48. The summed E-state index contributed by atoms with van der Waals surface area (Å²) in [5.41, 5.74) is 1.19. The van der Waals surface area contributed by atoms with Gasteiger partial charge in [-0.15, -0.1) is 0 Å². The largest absolute Gasteiger partial charge is 0.350 e. The van der Waals surface area contributed by atoms with Crippen LogP contribution in [0, 0.1) is 0 Å². The van der Waals surface area contributed by atoms with Gasteiger partial charge in [-0.05, 0) is 38.3 Å². The third-order valence-corrected chi connectivity index (χ3v) is 3.86. The van der Waals surface area contributed by atoms with Gasteiger partial charge in [-0.3, -0.25) is 4.79 Å². The number of nitrogens with zero attached hydrogens (tertiary/aromatic N) is 3. The van der Waals surface area contributed by atoms with Crippen LogP contribution in [0.3, 0.4) is 0 Å². The average Bonchev–Trinajstić information content (AvgIpc) is 3.31. The maximum Gasteiger partial charge on any atom is 0.242 e. The van der Waals surface area contributed by atoms with Crippen LogP contribution in [0.4, 0.5) is 5.82 Å². The number of pyridine rings is 1. The number of carbonyl (C=O) groups excluding carboxylic acids is 1. The third kappa shape index (κ3) is 4.70. The van der Waals surface area contributed by atoms with Crippen LogP contribution >= 0.6 is 0 Å². The van der Waals surface area contributed by atoms with Gasteiger partial charge in [0.15, 0.2) is 0 Å². The first-order chi connectivity index (χ1) is 10.1. The molecule has 0 bridgehead atoms. The van der Waals surface area contributed by atoms with Crippen LogP contribution in [-0.2, 0) is 11.3 Å². The van der Waals surface area contributed by atoms with Crippen molar-refractivity contribution in [2.24, 2.45) is 0 Å². The highest BCUT2D eigenvalue weighted by Crippen LogP contribution is 2.19. The van der Waals surface area contributed by atoms with Crippen molar-refractivity contribution in [1.29, 1.82) is 0 Å². The summed E-state index contributed by atoms with van der Waals surface area (Å²) in [6, 6.07) is 4.77. The van der Waals surface area contributed by atoms with Crippen molar-refractivity contribution in [2.75, 3.05) is 31.6 Å². The second kappa shape index (κ2) is 7.41. The molecular formula is C16H26N4O. The van der Waals surface area contributed by atoms with Gasteiger partial charge in [-0.2, -0.15) is 0 Å². The van der Waals surface area contributed by atoms with Gasteiger partial charge in [0.25, 0.3) is 0 Å². The molecule has 1 aromatic heterocycles.